The van der Waals surface area contributed by atoms with E-state index in [1.807, 2.05) is 19.9 Å². The van der Waals surface area contributed by atoms with Crippen LogP contribution in [-0.2, 0) is 0 Å². The van der Waals surface area contributed by atoms with Gasteiger partial charge in [-0.3, -0.25) is 4.79 Å². The highest BCUT2D eigenvalue weighted by Crippen LogP contribution is 2.29. The molecule has 1 amide bonds. The number of hydrogen-bond donors (Lipinski definition) is 2. The van der Waals surface area contributed by atoms with E-state index in [0.717, 1.165) is 11.3 Å². The molecule has 0 saturated carbocycles. The Bertz CT molecular complexity index is 633. The average molecular weight is 272 g/mol. The topological polar surface area (TPSA) is 71.5 Å². The van der Waals surface area contributed by atoms with Crippen LogP contribution in [0.25, 0.3) is 0 Å². The van der Waals surface area contributed by atoms with Crippen molar-refractivity contribution < 1.29 is 14.6 Å². The Morgan fingerprint density at radius 3 is 2.70 bits per heavy atom. The fraction of sp³-hybridized carbons (Fsp3) is 0.200. The Hall–Kier alpha value is -2.56. The third-order valence-electron chi connectivity index (χ3n) is 2.80. The summed E-state index contributed by atoms with van der Waals surface area (Å²) in [4.78, 5) is 16.4. The Kier molecular flexibility index (Phi) is 3.89. The standard InChI is InChI=1S/C15H16N2O3/c1-9-7-10(2)16-13(8-9)17-15(19)11-5-4-6-12(20-3)14(11)18/h4-8,18H,1-3H3,(H,16,17,19). The van der Waals surface area contributed by atoms with Crippen LogP contribution in [0.3, 0.4) is 0 Å². The highest BCUT2D eigenvalue weighted by atomic mass is 16.5. The number of hydrogen-bond acceptors (Lipinski definition) is 4. The SMILES string of the molecule is COc1cccc(C(=O)Nc2cc(C)cc(C)n2)c1O. The van der Waals surface area contributed by atoms with Gasteiger partial charge in [0.2, 0.25) is 0 Å². The van der Waals surface area contributed by atoms with Crippen molar-refractivity contribution in [3.63, 3.8) is 0 Å². The summed E-state index contributed by atoms with van der Waals surface area (Å²) in [6.45, 7) is 3.78. The highest BCUT2D eigenvalue weighted by molar-refractivity contribution is 6.06. The zero-order valence-corrected chi connectivity index (χ0v) is 11.6. The predicted molar refractivity (Wildman–Crippen MR) is 76.3 cm³/mol. The number of rotatable bonds is 3. The molecule has 2 rings (SSSR count). The zero-order valence-electron chi connectivity index (χ0n) is 11.6. The Morgan fingerprint density at radius 2 is 2.05 bits per heavy atom. The number of ether oxygens (including phenoxy) is 1. The molecule has 0 atom stereocenters. The predicted octanol–water partition coefficient (Wildman–Crippen LogP) is 2.66. The number of benzene rings is 1. The molecule has 0 aliphatic heterocycles. The quantitative estimate of drug-likeness (QED) is 0.901. The second-order valence-electron chi connectivity index (χ2n) is 4.48. The van der Waals surface area contributed by atoms with Crippen LogP contribution in [0.5, 0.6) is 11.5 Å². The molecule has 1 heterocycles. The van der Waals surface area contributed by atoms with Gasteiger partial charge in [0.15, 0.2) is 11.5 Å². The van der Waals surface area contributed by atoms with Crippen LogP contribution < -0.4 is 10.1 Å². The number of aromatic hydroxyl groups is 1. The summed E-state index contributed by atoms with van der Waals surface area (Å²) in [5.41, 5.74) is 1.96. The number of amides is 1. The van der Waals surface area contributed by atoms with Crippen LogP contribution in [0.15, 0.2) is 30.3 Å². The van der Waals surface area contributed by atoms with E-state index in [9.17, 15) is 9.90 Å². The van der Waals surface area contributed by atoms with Gasteiger partial charge in [-0.15, -0.1) is 0 Å². The maximum atomic E-state index is 12.2. The number of carbonyl (C=O) groups is 1. The molecule has 0 fully saturated rings. The van der Waals surface area contributed by atoms with E-state index in [1.54, 1.807) is 18.2 Å². The molecule has 2 aromatic rings. The van der Waals surface area contributed by atoms with Gasteiger partial charge in [0, 0.05) is 5.69 Å². The van der Waals surface area contributed by atoms with Gasteiger partial charge in [0.25, 0.3) is 5.91 Å². The molecule has 2 N–H and O–H groups in total. The van der Waals surface area contributed by atoms with Gasteiger partial charge >= 0.3 is 0 Å². The van der Waals surface area contributed by atoms with Crippen molar-refractivity contribution in [3.8, 4) is 11.5 Å². The number of para-hydroxylation sites is 1. The minimum atomic E-state index is -0.432. The fourth-order valence-corrected chi connectivity index (χ4v) is 1.96. The lowest BCUT2D eigenvalue weighted by Crippen LogP contribution is -2.13. The lowest BCUT2D eigenvalue weighted by molar-refractivity contribution is 0.102. The molecule has 1 aromatic heterocycles. The number of pyridine rings is 1. The summed E-state index contributed by atoms with van der Waals surface area (Å²) in [5.74, 6) is 0.0940. The van der Waals surface area contributed by atoms with Gasteiger partial charge in [-0.2, -0.15) is 0 Å². The summed E-state index contributed by atoms with van der Waals surface area (Å²) in [6.07, 6.45) is 0. The Balaban J connectivity index is 2.28. The molecule has 0 radical (unpaired) electrons. The molecular formula is C15H16N2O3. The third-order valence-corrected chi connectivity index (χ3v) is 2.80. The van der Waals surface area contributed by atoms with E-state index in [-0.39, 0.29) is 17.1 Å². The minimum Gasteiger partial charge on any atom is -0.504 e. The molecular weight excluding hydrogens is 256 g/mol. The van der Waals surface area contributed by atoms with Gasteiger partial charge in [-0.1, -0.05) is 6.07 Å². The number of aromatic nitrogens is 1. The first-order chi connectivity index (χ1) is 9.51. The minimum absolute atomic E-state index is 0.144. The molecule has 104 valence electrons. The number of phenolic OH excluding ortho intramolecular Hbond substituents is 1. The number of methoxy groups -OCH3 is 1. The largest absolute Gasteiger partial charge is 0.504 e. The van der Waals surface area contributed by atoms with Crippen LogP contribution in [0.1, 0.15) is 21.6 Å². The summed E-state index contributed by atoms with van der Waals surface area (Å²) < 4.78 is 4.98. The highest BCUT2D eigenvalue weighted by Gasteiger charge is 2.15. The molecule has 5 nitrogen and oxygen atoms in total. The molecule has 0 aliphatic carbocycles. The van der Waals surface area contributed by atoms with Gasteiger partial charge in [-0.25, -0.2) is 4.98 Å². The Morgan fingerprint density at radius 1 is 1.30 bits per heavy atom. The smallest absolute Gasteiger partial charge is 0.260 e. The van der Waals surface area contributed by atoms with Gasteiger partial charge < -0.3 is 15.2 Å². The number of nitrogens with one attached hydrogen (secondary N) is 1. The van der Waals surface area contributed by atoms with Crippen molar-refractivity contribution in [2.24, 2.45) is 0 Å². The van der Waals surface area contributed by atoms with Crippen molar-refractivity contribution in [1.82, 2.24) is 4.98 Å². The average Bonchev–Trinajstić information content (AvgIpc) is 2.37. The summed E-state index contributed by atoms with van der Waals surface area (Å²) in [5, 5.41) is 12.6. The molecule has 20 heavy (non-hydrogen) atoms. The maximum Gasteiger partial charge on any atom is 0.260 e. The molecule has 0 bridgehead atoms. The van der Waals surface area contributed by atoms with E-state index in [2.05, 4.69) is 10.3 Å². The Labute approximate surface area is 117 Å². The van der Waals surface area contributed by atoms with E-state index < -0.39 is 5.91 Å². The van der Waals surface area contributed by atoms with E-state index in [4.69, 9.17) is 4.74 Å². The summed E-state index contributed by atoms with van der Waals surface area (Å²) in [6, 6.07) is 8.43. The summed E-state index contributed by atoms with van der Waals surface area (Å²) >= 11 is 0. The van der Waals surface area contributed by atoms with Crippen molar-refractivity contribution in [2.45, 2.75) is 13.8 Å². The van der Waals surface area contributed by atoms with Crippen molar-refractivity contribution in [3.05, 3.63) is 47.2 Å². The molecule has 1 aromatic carbocycles. The first kappa shape index (κ1) is 13.9. The number of nitrogens with zero attached hydrogens (tertiary/aromatic N) is 1. The lowest BCUT2D eigenvalue weighted by atomic mass is 10.1. The van der Waals surface area contributed by atoms with Crippen LogP contribution in [0.2, 0.25) is 0 Å². The first-order valence-electron chi connectivity index (χ1n) is 6.14. The number of carbonyl (C=O) groups excluding carboxylic acids is 1. The number of anilines is 1. The second-order valence-corrected chi connectivity index (χ2v) is 4.48. The van der Waals surface area contributed by atoms with Gasteiger partial charge in [0.1, 0.15) is 5.82 Å². The first-order valence-corrected chi connectivity index (χ1v) is 6.14. The number of aryl methyl sites for hydroxylation is 2. The maximum absolute atomic E-state index is 12.2. The van der Waals surface area contributed by atoms with E-state index >= 15 is 0 Å². The van der Waals surface area contributed by atoms with Crippen LogP contribution in [0.4, 0.5) is 5.82 Å². The van der Waals surface area contributed by atoms with Crippen molar-refractivity contribution in [1.29, 1.82) is 0 Å². The second kappa shape index (κ2) is 5.61. The lowest BCUT2D eigenvalue weighted by Gasteiger charge is -2.10. The normalized spacial score (nSPS) is 10.2. The fourth-order valence-electron chi connectivity index (χ4n) is 1.96. The molecule has 0 unspecified atom stereocenters. The summed E-state index contributed by atoms with van der Waals surface area (Å²) in [7, 11) is 1.43. The molecule has 0 aliphatic rings. The number of phenols is 1. The van der Waals surface area contributed by atoms with Crippen LogP contribution in [0, 0.1) is 13.8 Å². The van der Waals surface area contributed by atoms with Crippen molar-refractivity contribution >= 4 is 11.7 Å². The van der Waals surface area contributed by atoms with E-state index in [0.29, 0.717) is 5.82 Å². The third kappa shape index (κ3) is 2.88. The van der Waals surface area contributed by atoms with Crippen molar-refractivity contribution in [2.75, 3.05) is 12.4 Å². The van der Waals surface area contributed by atoms with Crippen LogP contribution >= 0.6 is 0 Å². The van der Waals surface area contributed by atoms with Gasteiger partial charge in [-0.05, 0) is 43.7 Å². The molecule has 0 saturated heterocycles. The molecule has 0 spiro atoms. The van der Waals surface area contributed by atoms with Crippen LogP contribution in [-0.4, -0.2) is 23.1 Å². The van der Waals surface area contributed by atoms with Gasteiger partial charge in [0.05, 0.1) is 12.7 Å². The molecule has 5 heteroatoms. The zero-order chi connectivity index (χ0) is 14.7. The monoisotopic (exact) mass is 272 g/mol. The van der Waals surface area contributed by atoms with E-state index in [1.165, 1.54) is 13.2 Å².